The molecule has 7 nitrogen and oxygen atoms in total. The van der Waals surface area contributed by atoms with Crippen LogP contribution in [0.2, 0.25) is 0 Å². The van der Waals surface area contributed by atoms with Crippen LogP contribution in [0.3, 0.4) is 0 Å². The van der Waals surface area contributed by atoms with Crippen molar-refractivity contribution < 1.29 is 19.0 Å². The maximum absolute atomic E-state index is 12.1. The molecule has 0 fully saturated rings. The van der Waals surface area contributed by atoms with Gasteiger partial charge in [-0.2, -0.15) is 5.10 Å². The summed E-state index contributed by atoms with van der Waals surface area (Å²) in [6.07, 6.45) is 3.16. The molecule has 0 spiro atoms. The Morgan fingerprint density at radius 1 is 1.28 bits per heavy atom. The molecule has 8 heteroatoms. The number of carbonyl (C=O) groups excluding carboxylic acids is 1. The van der Waals surface area contributed by atoms with E-state index in [4.69, 9.17) is 14.2 Å². The van der Waals surface area contributed by atoms with E-state index >= 15 is 0 Å². The van der Waals surface area contributed by atoms with Gasteiger partial charge in [0.05, 0.1) is 39.0 Å². The number of carbonyl (C=O) groups is 1. The molecule has 1 aromatic rings. The lowest BCUT2D eigenvalue weighted by molar-refractivity contribution is -0.135. The molecular formula is C17H19N3O4S. The van der Waals surface area contributed by atoms with E-state index in [-0.39, 0.29) is 5.50 Å². The molecule has 0 saturated carbocycles. The van der Waals surface area contributed by atoms with Gasteiger partial charge < -0.3 is 14.2 Å². The van der Waals surface area contributed by atoms with Crippen LogP contribution in [0.1, 0.15) is 6.92 Å². The minimum atomic E-state index is -0.447. The highest BCUT2D eigenvalue weighted by atomic mass is 32.2. The molecular weight excluding hydrogens is 342 g/mol. The number of ether oxygens (including phenoxy) is 3. The number of benzene rings is 1. The molecule has 0 aromatic heterocycles. The summed E-state index contributed by atoms with van der Waals surface area (Å²) in [6.45, 7) is 1.91. The van der Waals surface area contributed by atoms with Crippen LogP contribution in [0.4, 0.5) is 5.69 Å². The summed E-state index contributed by atoms with van der Waals surface area (Å²) >= 11 is 1.51. The van der Waals surface area contributed by atoms with Crippen molar-refractivity contribution in [2.45, 2.75) is 12.4 Å². The summed E-state index contributed by atoms with van der Waals surface area (Å²) in [4.78, 5) is 14.9. The van der Waals surface area contributed by atoms with E-state index < -0.39 is 5.97 Å². The number of rotatable bonds is 5. The number of hydrogen-bond acceptors (Lipinski definition) is 8. The van der Waals surface area contributed by atoms with Gasteiger partial charge in [-0.25, -0.2) is 9.80 Å². The standard InChI is InChI=1S/C17H19N3O4S/c1-11-15(12(9-22-2)16(21)24-4)25-17-19(10-18-20(11)17)13-7-5-6-8-14(13)23-3/h5-10,17H,1-4H3/b12-9+. The Balaban J connectivity index is 1.93. The van der Waals surface area contributed by atoms with Crippen molar-refractivity contribution in [3.05, 3.63) is 46.7 Å². The number of hydrogen-bond donors (Lipinski definition) is 0. The minimum Gasteiger partial charge on any atom is -0.503 e. The van der Waals surface area contributed by atoms with Gasteiger partial charge in [0.2, 0.25) is 0 Å². The highest BCUT2D eigenvalue weighted by Gasteiger charge is 2.41. The number of fused-ring (bicyclic) bond motifs is 1. The molecule has 1 unspecified atom stereocenters. The van der Waals surface area contributed by atoms with Gasteiger partial charge >= 0.3 is 5.97 Å². The molecule has 0 bridgehead atoms. The maximum Gasteiger partial charge on any atom is 0.342 e. The number of methoxy groups -OCH3 is 3. The van der Waals surface area contributed by atoms with Gasteiger partial charge in [0.15, 0.2) is 5.50 Å². The van der Waals surface area contributed by atoms with Gasteiger partial charge in [0.25, 0.3) is 0 Å². The molecule has 1 atom stereocenters. The van der Waals surface area contributed by atoms with Gasteiger partial charge in [-0.05, 0) is 19.1 Å². The van der Waals surface area contributed by atoms with E-state index in [0.29, 0.717) is 5.57 Å². The number of anilines is 1. The maximum atomic E-state index is 12.1. The first kappa shape index (κ1) is 17.2. The van der Waals surface area contributed by atoms with Gasteiger partial charge in [-0.1, -0.05) is 23.9 Å². The van der Waals surface area contributed by atoms with Crippen LogP contribution in [0, 0.1) is 0 Å². The molecule has 0 N–H and O–H groups in total. The van der Waals surface area contributed by atoms with Gasteiger partial charge in [0, 0.05) is 4.91 Å². The normalized spacial score (nSPS) is 19.4. The summed E-state index contributed by atoms with van der Waals surface area (Å²) in [5.41, 5.74) is 1.99. The highest BCUT2D eigenvalue weighted by Crippen LogP contribution is 2.47. The zero-order chi connectivity index (χ0) is 18.0. The summed E-state index contributed by atoms with van der Waals surface area (Å²) < 4.78 is 15.4. The predicted octanol–water partition coefficient (Wildman–Crippen LogP) is 2.73. The molecule has 3 rings (SSSR count). The largest absolute Gasteiger partial charge is 0.503 e. The fraction of sp³-hybridized carbons (Fsp3) is 0.294. The lowest BCUT2D eigenvalue weighted by Crippen LogP contribution is -2.33. The molecule has 2 aliphatic rings. The Morgan fingerprint density at radius 2 is 2.04 bits per heavy atom. The summed E-state index contributed by atoms with van der Waals surface area (Å²) in [5.74, 6) is 0.306. The number of esters is 1. The Morgan fingerprint density at radius 3 is 2.72 bits per heavy atom. The lowest BCUT2D eigenvalue weighted by Gasteiger charge is -2.25. The smallest absolute Gasteiger partial charge is 0.342 e. The summed E-state index contributed by atoms with van der Waals surface area (Å²) in [5, 5.41) is 6.33. The molecule has 25 heavy (non-hydrogen) atoms. The van der Waals surface area contributed by atoms with Crippen LogP contribution in [-0.2, 0) is 14.3 Å². The van der Waals surface area contributed by atoms with Crippen LogP contribution >= 0.6 is 11.8 Å². The zero-order valence-corrected chi connectivity index (χ0v) is 15.2. The fourth-order valence-electron chi connectivity index (χ4n) is 2.70. The topological polar surface area (TPSA) is 63.6 Å². The van der Waals surface area contributed by atoms with Crippen molar-refractivity contribution in [1.82, 2.24) is 5.01 Å². The molecule has 2 heterocycles. The van der Waals surface area contributed by atoms with Gasteiger partial charge in [-0.15, -0.1) is 0 Å². The van der Waals surface area contributed by atoms with Crippen molar-refractivity contribution >= 4 is 29.8 Å². The van der Waals surface area contributed by atoms with E-state index in [1.165, 1.54) is 32.2 Å². The molecule has 2 aliphatic heterocycles. The second-order valence-corrected chi connectivity index (χ2v) is 6.34. The molecule has 0 amide bonds. The van der Waals surface area contributed by atoms with Crippen molar-refractivity contribution in [2.24, 2.45) is 5.10 Å². The second-order valence-electron chi connectivity index (χ2n) is 5.27. The van der Waals surface area contributed by atoms with Crippen molar-refractivity contribution in [1.29, 1.82) is 0 Å². The molecule has 0 saturated heterocycles. The van der Waals surface area contributed by atoms with Crippen LogP contribution in [0.25, 0.3) is 0 Å². The molecule has 0 aliphatic carbocycles. The zero-order valence-electron chi connectivity index (χ0n) is 14.4. The number of nitrogens with zero attached hydrogens (tertiary/aromatic N) is 3. The monoisotopic (exact) mass is 361 g/mol. The Labute approximate surface area is 150 Å². The molecule has 0 radical (unpaired) electrons. The van der Waals surface area contributed by atoms with Gasteiger partial charge in [0.1, 0.15) is 17.7 Å². The predicted molar refractivity (Wildman–Crippen MR) is 97.0 cm³/mol. The van der Waals surface area contributed by atoms with Crippen LogP contribution in [0.15, 0.2) is 51.8 Å². The van der Waals surface area contributed by atoms with E-state index in [9.17, 15) is 4.79 Å². The molecule has 132 valence electrons. The number of thioether (sulfide) groups is 1. The lowest BCUT2D eigenvalue weighted by atomic mass is 10.2. The Kier molecular flexibility index (Phi) is 4.89. The van der Waals surface area contributed by atoms with Crippen LogP contribution in [-0.4, -0.2) is 44.1 Å². The molecule has 1 aromatic carbocycles. The van der Waals surface area contributed by atoms with E-state index in [2.05, 4.69) is 5.10 Å². The van der Waals surface area contributed by atoms with E-state index in [1.54, 1.807) is 13.4 Å². The quantitative estimate of drug-likeness (QED) is 0.454. The number of para-hydroxylation sites is 2. The third-order valence-corrected chi connectivity index (χ3v) is 5.28. The Bertz CT molecular complexity index is 775. The first-order valence-corrected chi connectivity index (χ1v) is 8.44. The Hall–Kier alpha value is -2.61. The second kappa shape index (κ2) is 7.10. The fourth-order valence-corrected chi connectivity index (χ4v) is 4.03. The first-order valence-electron chi connectivity index (χ1n) is 7.56. The van der Waals surface area contributed by atoms with Crippen molar-refractivity contribution in [2.75, 3.05) is 26.2 Å². The van der Waals surface area contributed by atoms with Crippen LogP contribution in [0.5, 0.6) is 5.75 Å². The SMILES string of the molecule is CO/C=C(/C(=O)OC)C1=C(C)N2N=CN(c3ccccc3OC)C2S1. The van der Waals surface area contributed by atoms with Crippen molar-refractivity contribution in [3.63, 3.8) is 0 Å². The first-order chi connectivity index (χ1) is 12.1. The summed E-state index contributed by atoms with van der Waals surface area (Å²) in [7, 11) is 4.48. The minimum absolute atomic E-state index is 0.142. The van der Waals surface area contributed by atoms with Crippen molar-refractivity contribution in [3.8, 4) is 5.75 Å². The van der Waals surface area contributed by atoms with Crippen LogP contribution < -0.4 is 9.64 Å². The highest BCUT2D eigenvalue weighted by molar-refractivity contribution is 8.04. The van der Waals surface area contributed by atoms with Gasteiger partial charge in [-0.3, -0.25) is 4.90 Å². The average molecular weight is 361 g/mol. The number of hydrazone groups is 1. The summed E-state index contributed by atoms with van der Waals surface area (Å²) in [6, 6.07) is 7.73. The van der Waals surface area contributed by atoms with E-state index in [0.717, 1.165) is 22.0 Å². The number of allylic oxidation sites excluding steroid dienone is 1. The third kappa shape index (κ3) is 2.93. The third-order valence-electron chi connectivity index (χ3n) is 3.89. The average Bonchev–Trinajstić information content (AvgIpc) is 3.19. The van der Waals surface area contributed by atoms with E-state index in [1.807, 2.05) is 41.1 Å².